The number of hydrogen-bond donors (Lipinski definition) is 0. The van der Waals surface area contributed by atoms with Crippen LogP contribution in [0.5, 0.6) is 0 Å². The zero-order chi connectivity index (χ0) is 26.7. The number of carbonyl (C=O) groups is 3. The molecule has 3 rings (SSSR count). The van der Waals surface area contributed by atoms with Crippen molar-refractivity contribution in [3.8, 4) is 0 Å². The number of hydrogen-bond acceptors (Lipinski definition) is 6. The number of rotatable bonds is 6. The molecule has 0 aliphatic carbocycles. The number of carbonyl (C=O) groups excluding carboxylic acids is 3. The average molecular weight is 536 g/mol. The van der Waals surface area contributed by atoms with Crippen LogP contribution in [-0.4, -0.2) is 54.8 Å². The summed E-state index contributed by atoms with van der Waals surface area (Å²) in [7, 11) is 2.54. The van der Waals surface area contributed by atoms with Crippen LogP contribution in [0, 0.1) is 0 Å². The molecule has 0 bridgehead atoms. The van der Waals surface area contributed by atoms with Gasteiger partial charge in [0.1, 0.15) is 17.4 Å². The van der Waals surface area contributed by atoms with Crippen molar-refractivity contribution >= 4 is 41.2 Å². The van der Waals surface area contributed by atoms with E-state index in [1.54, 1.807) is 69.3 Å². The van der Waals surface area contributed by atoms with Crippen LogP contribution in [0.3, 0.4) is 0 Å². The Hall–Kier alpha value is -2.77. The van der Waals surface area contributed by atoms with E-state index < -0.39 is 41.0 Å². The third-order valence-corrected chi connectivity index (χ3v) is 6.78. The number of nitrogens with zero attached hydrogens (tertiary/aromatic N) is 1. The standard InChI is InChI=1S/C27H31Cl2NO6/c1-26(2,3)36-25(33)30-14-8-13-27(30,21(23(31)34-4)17-9-6-11-19(28)15-17)22(24(32)35-5)18-10-7-12-20(29)16-18/h6-7,9-12,15-16,21-22H,8,13-14H2,1-5H3. The van der Waals surface area contributed by atoms with Gasteiger partial charge in [0, 0.05) is 16.6 Å². The summed E-state index contributed by atoms with van der Waals surface area (Å²) in [5.74, 6) is -3.41. The minimum absolute atomic E-state index is 0.261. The number of likely N-dealkylation sites (tertiary alicyclic amines) is 1. The maximum atomic E-state index is 13.7. The van der Waals surface area contributed by atoms with E-state index in [0.29, 0.717) is 34.0 Å². The second-order valence-electron chi connectivity index (χ2n) is 9.75. The van der Waals surface area contributed by atoms with Crippen LogP contribution in [-0.2, 0) is 23.8 Å². The summed E-state index contributed by atoms with van der Waals surface area (Å²) in [6.45, 7) is 5.53. The first-order valence-corrected chi connectivity index (χ1v) is 12.4. The van der Waals surface area contributed by atoms with Crippen molar-refractivity contribution in [3.05, 3.63) is 69.7 Å². The Balaban J connectivity index is 2.38. The highest BCUT2D eigenvalue weighted by atomic mass is 35.5. The van der Waals surface area contributed by atoms with Gasteiger partial charge in [0.2, 0.25) is 0 Å². The molecule has 0 saturated carbocycles. The summed E-state index contributed by atoms with van der Waals surface area (Å²) in [5, 5.41) is 0.798. The van der Waals surface area contributed by atoms with E-state index in [0.717, 1.165) is 0 Å². The molecule has 9 heteroatoms. The van der Waals surface area contributed by atoms with E-state index in [-0.39, 0.29) is 6.54 Å². The van der Waals surface area contributed by atoms with Crippen LogP contribution >= 0.6 is 23.2 Å². The van der Waals surface area contributed by atoms with Crippen LogP contribution < -0.4 is 0 Å². The third-order valence-electron chi connectivity index (χ3n) is 6.31. The van der Waals surface area contributed by atoms with E-state index in [4.69, 9.17) is 37.4 Å². The van der Waals surface area contributed by atoms with Gasteiger partial charge in [0.05, 0.1) is 19.8 Å². The topological polar surface area (TPSA) is 82.1 Å². The number of halogens is 2. The Morgan fingerprint density at radius 3 is 1.75 bits per heavy atom. The number of benzene rings is 2. The largest absolute Gasteiger partial charge is 0.468 e. The van der Waals surface area contributed by atoms with Crippen molar-refractivity contribution in [1.82, 2.24) is 4.90 Å². The van der Waals surface area contributed by atoms with Gasteiger partial charge in [-0.25, -0.2) is 4.79 Å². The highest BCUT2D eigenvalue weighted by Crippen LogP contribution is 2.52. The first-order chi connectivity index (χ1) is 16.9. The molecule has 194 valence electrons. The lowest BCUT2D eigenvalue weighted by molar-refractivity contribution is -0.152. The van der Waals surface area contributed by atoms with E-state index in [2.05, 4.69) is 0 Å². The van der Waals surface area contributed by atoms with E-state index in [9.17, 15) is 14.4 Å². The highest BCUT2D eigenvalue weighted by molar-refractivity contribution is 6.31. The van der Waals surface area contributed by atoms with Crippen molar-refractivity contribution in [1.29, 1.82) is 0 Å². The second-order valence-corrected chi connectivity index (χ2v) is 10.6. The normalized spacial score (nSPS) is 19.4. The predicted octanol–water partition coefficient (Wildman–Crippen LogP) is 5.98. The molecular formula is C27H31Cl2NO6. The fourth-order valence-corrected chi connectivity index (χ4v) is 5.47. The monoisotopic (exact) mass is 535 g/mol. The molecule has 1 heterocycles. The van der Waals surface area contributed by atoms with Crippen LogP contribution in [0.4, 0.5) is 4.79 Å². The maximum absolute atomic E-state index is 13.7. The molecule has 1 amide bonds. The lowest BCUT2D eigenvalue weighted by Gasteiger charge is -2.47. The molecule has 0 N–H and O–H groups in total. The molecule has 2 aromatic rings. The molecule has 1 aliphatic rings. The van der Waals surface area contributed by atoms with Gasteiger partial charge in [0.25, 0.3) is 0 Å². The molecule has 1 fully saturated rings. The van der Waals surface area contributed by atoms with Gasteiger partial charge in [-0.2, -0.15) is 0 Å². The molecule has 2 unspecified atom stereocenters. The van der Waals surface area contributed by atoms with Gasteiger partial charge in [-0.05, 0) is 69.0 Å². The maximum Gasteiger partial charge on any atom is 0.410 e. The Morgan fingerprint density at radius 1 is 0.889 bits per heavy atom. The molecule has 0 radical (unpaired) electrons. The molecule has 2 atom stereocenters. The third kappa shape index (κ3) is 5.62. The van der Waals surface area contributed by atoms with Crippen molar-refractivity contribution in [2.24, 2.45) is 0 Å². The number of amides is 1. The van der Waals surface area contributed by atoms with E-state index in [1.165, 1.54) is 19.1 Å². The number of ether oxygens (including phenoxy) is 3. The minimum atomic E-state index is -1.43. The van der Waals surface area contributed by atoms with Crippen LogP contribution in [0.15, 0.2) is 48.5 Å². The highest BCUT2D eigenvalue weighted by Gasteiger charge is 2.61. The number of esters is 2. The first-order valence-electron chi connectivity index (χ1n) is 11.6. The first kappa shape index (κ1) is 27.8. The number of methoxy groups -OCH3 is 2. The zero-order valence-electron chi connectivity index (χ0n) is 21.0. The summed E-state index contributed by atoms with van der Waals surface area (Å²) in [6.07, 6.45) is 0.165. The Kier molecular flexibility index (Phi) is 8.57. The van der Waals surface area contributed by atoms with Gasteiger partial charge in [-0.15, -0.1) is 0 Å². The second kappa shape index (κ2) is 11.1. The Morgan fingerprint density at radius 2 is 1.36 bits per heavy atom. The quantitative estimate of drug-likeness (QED) is 0.334. The molecule has 7 nitrogen and oxygen atoms in total. The summed E-state index contributed by atoms with van der Waals surface area (Å²) >= 11 is 12.6. The minimum Gasteiger partial charge on any atom is -0.468 e. The molecule has 1 saturated heterocycles. The van der Waals surface area contributed by atoms with Crippen molar-refractivity contribution < 1.29 is 28.6 Å². The van der Waals surface area contributed by atoms with Crippen LogP contribution in [0.25, 0.3) is 0 Å². The molecule has 1 aliphatic heterocycles. The van der Waals surface area contributed by atoms with Crippen molar-refractivity contribution in [2.45, 2.75) is 56.6 Å². The fourth-order valence-electron chi connectivity index (χ4n) is 5.07. The van der Waals surface area contributed by atoms with Crippen molar-refractivity contribution in [2.75, 3.05) is 20.8 Å². The lowest BCUT2D eigenvalue weighted by Crippen LogP contribution is -2.59. The van der Waals surface area contributed by atoms with Gasteiger partial charge in [-0.3, -0.25) is 9.59 Å². The summed E-state index contributed by atoms with van der Waals surface area (Å²) in [4.78, 5) is 42.2. The van der Waals surface area contributed by atoms with Crippen molar-refractivity contribution in [3.63, 3.8) is 0 Å². The predicted molar refractivity (Wildman–Crippen MR) is 137 cm³/mol. The van der Waals surface area contributed by atoms with Gasteiger partial charge >= 0.3 is 18.0 Å². The molecule has 0 spiro atoms. The van der Waals surface area contributed by atoms with Gasteiger partial charge < -0.3 is 19.1 Å². The average Bonchev–Trinajstić information content (AvgIpc) is 3.23. The SMILES string of the molecule is COC(=O)C(c1cccc(Cl)c1)C1(C(C(=O)OC)c2cccc(Cl)c2)CCCN1C(=O)OC(C)(C)C. The Labute approximate surface area is 221 Å². The van der Waals surface area contributed by atoms with Crippen LogP contribution in [0.2, 0.25) is 10.0 Å². The summed E-state index contributed by atoms with van der Waals surface area (Å²) in [5.41, 5.74) is -1.24. The van der Waals surface area contributed by atoms with Gasteiger partial charge in [0.15, 0.2) is 0 Å². The van der Waals surface area contributed by atoms with E-state index >= 15 is 0 Å². The summed E-state index contributed by atoms with van der Waals surface area (Å²) < 4.78 is 16.3. The smallest absolute Gasteiger partial charge is 0.410 e. The summed E-state index contributed by atoms with van der Waals surface area (Å²) in [6, 6.07) is 13.5. The lowest BCUT2D eigenvalue weighted by atomic mass is 9.66. The fraction of sp³-hybridized carbons (Fsp3) is 0.444. The van der Waals surface area contributed by atoms with E-state index in [1.807, 2.05) is 0 Å². The van der Waals surface area contributed by atoms with Gasteiger partial charge in [-0.1, -0.05) is 47.5 Å². The molecule has 0 aromatic heterocycles. The molecular weight excluding hydrogens is 505 g/mol. The van der Waals surface area contributed by atoms with Crippen LogP contribution in [0.1, 0.15) is 56.6 Å². The molecule has 2 aromatic carbocycles. The Bertz CT molecular complexity index is 1060. The molecule has 36 heavy (non-hydrogen) atoms. The zero-order valence-corrected chi connectivity index (χ0v) is 22.6.